The average Bonchev–Trinajstić information content (AvgIpc) is 3.48. The van der Waals surface area contributed by atoms with Crippen LogP contribution in [-0.4, -0.2) is 34.4 Å². The standard InChI is InChI=1S/C29H25BrFN3O3/c1-19(35)32-24-10-2-20(3-11-24)14-15-34-28(36)18-37-29(34)27-17-33(25-12-6-22(30)7-13-25)16-26(27)21-4-8-23(31)9-5-21/h2-13,16-17,29H,14-15,18H2,1H3,(H,32,35)/t29-/m0/s1. The van der Waals surface area contributed by atoms with E-state index in [1.807, 2.05) is 65.5 Å². The van der Waals surface area contributed by atoms with Gasteiger partial charge < -0.3 is 19.5 Å². The molecule has 0 saturated carbocycles. The number of rotatable bonds is 7. The first-order valence-corrected chi connectivity index (χ1v) is 12.7. The molecule has 3 aromatic carbocycles. The van der Waals surface area contributed by atoms with Crippen LogP contribution in [-0.2, 0) is 20.7 Å². The largest absolute Gasteiger partial charge is 0.344 e. The van der Waals surface area contributed by atoms with E-state index in [4.69, 9.17) is 4.74 Å². The van der Waals surface area contributed by atoms with Gasteiger partial charge in [0.25, 0.3) is 5.91 Å². The molecule has 0 unspecified atom stereocenters. The van der Waals surface area contributed by atoms with Gasteiger partial charge in [-0.05, 0) is 66.1 Å². The predicted molar refractivity (Wildman–Crippen MR) is 144 cm³/mol. The first kappa shape index (κ1) is 24.9. The molecule has 0 aliphatic carbocycles. The number of nitrogens with one attached hydrogen (secondary N) is 1. The van der Waals surface area contributed by atoms with Gasteiger partial charge in [0.05, 0.1) is 0 Å². The molecule has 1 fully saturated rings. The van der Waals surface area contributed by atoms with Crippen molar-refractivity contribution in [2.45, 2.75) is 19.6 Å². The second-order valence-electron chi connectivity index (χ2n) is 8.90. The molecule has 1 N–H and O–H groups in total. The summed E-state index contributed by atoms with van der Waals surface area (Å²) in [6.07, 6.45) is 4.02. The Hall–Kier alpha value is -3.75. The maximum atomic E-state index is 13.7. The number of amides is 2. The van der Waals surface area contributed by atoms with E-state index in [9.17, 15) is 14.0 Å². The molecule has 4 aromatic rings. The van der Waals surface area contributed by atoms with Crippen LogP contribution < -0.4 is 5.32 Å². The molecule has 2 amide bonds. The van der Waals surface area contributed by atoms with E-state index in [1.54, 1.807) is 17.0 Å². The van der Waals surface area contributed by atoms with Crippen molar-refractivity contribution < 1.29 is 18.7 Å². The van der Waals surface area contributed by atoms with Crippen LogP contribution in [0.1, 0.15) is 24.3 Å². The van der Waals surface area contributed by atoms with E-state index < -0.39 is 6.23 Å². The highest BCUT2D eigenvalue weighted by Crippen LogP contribution is 2.37. The van der Waals surface area contributed by atoms with Crippen molar-refractivity contribution in [1.29, 1.82) is 0 Å². The summed E-state index contributed by atoms with van der Waals surface area (Å²) in [5.74, 6) is -0.514. The Bertz CT molecular complexity index is 1420. The van der Waals surface area contributed by atoms with Crippen molar-refractivity contribution in [2.75, 3.05) is 18.5 Å². The molecule has 1 saturated heterocycles. The zero-order valence-corrected chi connectivity index (χ0v) is 21.7. The third kappa shape index (κ3) is 5.65. The van der Waals surface area contributed by atoms with Gasteiger partial charge in [-0.25, -0.2) is 4.39 Å². The van der Waals surface area contributed by atoms with Crippen LogP contribution in [0.15, 0.2) is 89.7 Å². The van der Waals surface area contributed by atoms with E-state index in [-0.39, 0.29) is 24.2 Å². The summed E-state index contributed by atoms with van der Waals surface area (Å²) in [5, 5.41) is 2.76. The number of carbonyl (C=O) groups excluding carboxylic acids is 2. The van der Waals surface area contributed by atoms with Gasteiger partial charge in [0.2, 0.25) is 5.91 Å². The molecule has 2 heterocycles. The Morgan fingerprint density at radius 2 is 1.73 bits per heavy atom. The predicted octanol–water partition coefficient (Wildman–Crippen LogP) is 6.10. The third-order valence-electron chi connectivity index (χ3n) is 6.29. The Balaban J connectivity index is 1.44. The average molecular weight is 562 g/mol. The molecule has 0 radical (unpaired) electrons. The molecule has 188 valence electrons. The zero-order valence-electron chi connectivity index (χ0n) is 20.2. The van der Waals surface area contributed by atoms with Gasteiger partial charge in [0, 0.05) is 52.8 Å². The Morgan fingerprint density at radius 3 is 2.41 bits per heavy atom. The fourth-order valence-corrected chi connectivity index (χ4v) is 4.73. The molecule has 1 atom stereocenters. The number of aromatic nitrogens is 1. The van der Waals surface area contributed by atoms with E-state index >= 15 is 0 Å². The van der Waals surface area contributed by atoms with E-state index in [0.717, 1.165) is 38.1 Å². The summed E-state index contributed by atoms with van der Waals surface area (Å²) in [5.41, 5.74) is 5.26. The molecular formula is C29H25BrFN3O3. The number of nitrogens with zero attached hydrogens (tertiary/aromatic N) is 2. The molecule has 1 aliphatic heterocycles. The van der Waals surface area contributed by atoms with Crippen molar-refractivity contribution in [3.63, 3.8) is 0 Å². The zero-order chi connectivity index (χ0) is 25.9. The summed E-state index contributed by atoms with van der Waals surface area (Å²) >= 11 is 3.47. The van der Waals surface area contributed by atoms with Gasteiger partial charge in [-0.3, -0.25) is 9.59 Å². The molecule has 1 aromatic heterocycles. The number of benzene rings is 3. The molecule has 0 bridgehead atoms. The van der Waals surface area contributed by atoms with Crippen molar-refractivity contribution in [3.8, 4) is 16.8 Å². The molecular weight excluding hydrogens is 537 g/mol. The van der Waals surface area contributed by atoms with Crippen LogP contribution in [0.3, 0.4) is 0 Å². The van der Waals surface area contributed by atoms with Gasteiger partial charge in [0.15, 0.2) is 6.23 Å². The summed E-state index contributed by atoms with van der Waals surface area (Å²) in [7, 11) is 0. The fourth-order valence-electron chi connectivity index (χ4n) is 4.46. The van der Waals surface area contributed by atoms with E-state index in [1.165, 1.54) is 19.1 Å². The van der Waals surface area contributed by atoms with Gasteiger partial charge >= 0.3 is 0 Å². The van der Waals surface area contributed by atoms with Crippen LogP contribution in [0.5, 0.6) is 0 Å². The van der Waals surface area contributed by atoms with Crippen LogP contribution in [0.25, 0.3) is 16.8 Å². The number of hydrogen-bond donors (Lipinski definition) is 1. The molecule has 8 heteroatoms. The van der Waals surface area contributed by atoms with Gasteiger partial charge in [-0.1, -0.05) is 40.2 Å². The summed E-state index contributed by atoms with van der Waals surface area (Å²) in [6.45, 7) is 1.94. The highest BCUT2D eigenvalue weighted by Gasteiger charge is 2.35. The second-order valence-corrected chi connectivity index (χ2v) is 9.81. The van der Waals surface area contributed by atoms with Crippen LogP contribution >= 0.6 is 15.9 Å². The normalized spacial score (nSPS) is 15.3. The smallest absolute Gasteiger partial charge is 0.250 e. The minimum absolute atomic E-state index is 0.00153. The number of ether oxygens (including phenoxy) is 1. The summed E-state index contributed by atoms with van der Waals surface area (Å²) in [6, 6.07) is 21.8. The highest BCUT2D eigenvalue weighted by molar-refractivity contribution is 9.10. The molecule has 6 nitrogen and oxygen atoms in total. The quantitative estimate of drug-likeness (QED) is 0.296. The maximum absolute atomic E-state index is 13.7. The van der Waals surface area contributed by atoms with E-state index in [0.29, 0.717) is 13.0 Å². The van der Waals surface area contributed by atoms with E-state index in [2.05, 4.69) is 21.2 Å². The van der Waals surface area contributed by atoms with Crippen molar-refractivity contribution in [1.82, 2.24) is 9.47 Å². The van der Waals surface area contributed by atoms with Gasteiger partial charge in [-0.2, -0.15) is 0 Å². The lowest BCUT2D eigenvalue weighted by Gasteiger charge is -2.24. The van der Waals surface area contributed by atoms with Gasteiger partial charge in [-0.15, -0.1) is 0 Å². The SMILES string of the molecule is CC(=O)Nc1ccc(CCN2C(=O)CO[C@H]2c2cn(-c3ccc(Br)cc3)cc2-c2ccc(F)cc2)cc1. The van der Waals surface area contributed by atoms with Crippen LogP contribution in [0, 0.1) is 5.82 Å². The number of halogens is 2. The van der Waals surface area contributed by atoms with Crippen molar-refractivity contribution >= 4 is 33.4 Å². The summed E-state index contributed by atoms with van der Waals surface area (Å²) in [4.78, 5) is 25.9. The van der Waals surface area contributed by atoms with Crippen molar-refractivity contribution in [2.24, 2.45) is 0 Å². The first-order valence-electron chi connectivity index (χ1n) is 11.9. The minimum atomic E-state index is -0.567. The van der Waals surface area contributed by atoms with Gasteiger partial charge in [0.1, 0.15) is 12.4 Å². The number of hydrogen-bond acceptors (Lipinski definition) is 3. The fraction of sp³-hybridized carbons (Fsp3) is 0.172. The minimum Gasteiger partial charge on any atom is -0.344 e. The third-order valence-corrected chi connectivity index (χ3v) is 6.82. The molecule has 37 heavy (non-hydrogen) atoms. The molecule has 0 spiro atoms. The van der Waals surface area contributed by atoms with Crippen LogP contribution in [0.2, 0.25) is 0 Å². The highest BCUT2D eigenvalue weighted by atomic mass is 79.9. The monoisotopic (exact) mass is 561 g/mol. The number of carbonyl (C=O) groups is 2. The lowest BCUT2D eigenvalue weighted by Crippen LogP contribution is -2.30. The lowest BCUT2D eigenvalue weighted by atomic mass is 10.0. The Kier molecular flexibility index (Phi) is 7.21. The molecule has 1 aliphatic rings. The van der Waals surface area contributed by atoms with Crippen molar-refractivity contribution in [3.05, 3.63) is 107 Å². The molecule has 5 rings (SSSR count). The number of anilines is 1. The summed E-state index contributed by atoms with van der Waals surface area (Å²) < 4.78 is 22.6. The first-order chi connectivity index (χ1) is 17.9. The Labute approximate surface area is 222 Å². The topological polar surface area (TPSA) is 63.6 Å². The van der Waals surface area contributed by atoms with Crippen LogP contribution in [0.4, 0.5) is 10.1 Å². The lowest BCUT2D eigenvalue weighted by molar-refractivity contribution is -0.128. The Morgan fingerprint density at radius 1 is 1.03 bits per heavy atom. The second kappa shape index (κ2) is 10.7. The maximum Gasteiger partial charge on any atom is 0.250 e.